The van der Waals surface area contributed by atoms with E-state index in [4.69, 9.17) is 0 Å². The molecule has 156 valence electrons. The molecule has 1 aliphatic carbocycles. The molecule has 3 aliphatic heterocycles. The van der Waals surface area contributed by atoms with Gasteiger partial charge in [0.1, 0.15) is 6.04 Å². The highest BCUT2D eigenvalue weighted by atomic mass is 16.2. The Morgan fingerprint density at radius 2 is 2.14 bits per heavy atom. The number of amides is 2. The molecule has 4 aliphatic rings. The summed E-state index contributed by atoms with van der Waals surface area (Å²) in [4.78, 5) is 34.0. The SMILES string of the molecule is O=C1CCC2(CCCN(C(=O)C3CC(C4CC4)NN3)C2)CN1Cc1cccnc1. The van der Waals surface area contributed by atoms with Crippen molar-refractivity contribution < 1.29 is 9.59 Å². The van der Waals surface area contributed by atoms with Crippen molar-refractivity contribution in [2.45, 2.75) is 63.6 Å². The number of nitrogens with one attached hydrogen (secondary N) is 2. The second-order valence-corrected chi connectivity index (χ2v) is 9.50. The first kappa shape index (κ1) is 19.0. The Labute approximate surface area is 172 Å². The minimum atomic E-state index is -0.104. The monoisotopic (exact) mass is 397 g/mol. The number of nitrogens with zero attached hydrogens (tertiary/aromatic N) is 3. The second-order valence-electron chi connectivity index (χ2n) is 9.50. The van der Waals surface area contributed by atoms with Gasteiger partial charge < -0.3 is 9.80 Å². The zero-order valence-corrected chi connectivity index (χ0v) is 17.0. The van der Waals surface area contributed by atoms with Gasteiger partial charge in [0.25, 0.3) is 0 Å². The third kappa shape index (κ3) is 4.03. The van der Waals surface area contributed by atoms with Crippen LogP contribution < -0.4 is 10.9 Å². The molecule has 1 aromatic heterocycles. The molecular formula is C22H31N5O2. The van der Waals surface area contributed by atoms with Crippen molar-refractivity contribution in [1.29, 1.82) is 0 Å². The maximum atomic E-state index is 13.2. The Bertz CT molecular complexity index is 768. The predicted molar refractivity (Wildman–Crippen MR) is 108 cm³/mol. The normalized spacial score (nSPS) is 32.8. The average Bonchev–Trinajstić information content (AvgIpc) is 3.48. The summed E-state index contributed by atoms with van der Waals surface area (Å²) < 4.78 is 0. The molecule has 1 aromatic rings. The summed E-state index contributed by atoms with van der Waals surface area (Å²) in [7, 11) is 0. The molecule has 3 atom stereocenters. The lowest BCUT2D eigenvalue weighted by molar-refractivity contribution is -0.144. The number of rotatable bonds is 4. The largest absolute Gasteiger partial charge is 0.341 e. The first-order chi connectivity index (χ1) is 14.1. The molecule has 0 aromatic carbocycles. The molecule has 2 amide bonds. The summed E-state index contributed by atoms with van der Waals surface area (Å²) >= 11 is 0. The minimum absolute atomic E-state index is 0.0337. The van der Waals surface area contributed by atoms with Crippen LogP contribution in [0.4, 0.5) is 0 Å². The lowest BCUT2D eigenvalue weighted by Crippen LogP contribution is -2.57. The molecule has 3 unspecified atom stereocenters. The van der Waals surface area contributed by atoms with Crippen LogP contribution >= 0.6 is 0 Å². The van der Waals surface area contributed by atoms with E-state index in [0.29, 0.717) is 19.0 Å². The maximum Gasteiger partial charge on any atom is 0.241 e. The van der Waals surface area contributed by atoms with Crippen LogP contribution in [0.25, 0.3) is 0 Å². The van der Waals surface area contributed by atoms with Gasteiger partial charge in [-0.3, -0.25) is 20.0 Å². The molecule has 0 bridgehead atoms. The number of carbonyl (C=O) groups excluding carboxylic acids is 2. The van der Waals surface area contributed by atoms with Crippen molar-refractivity contribution in [3.63, 3.8) is 0 Å². The van der Waals surface area contributed by atoms with Crippen molar-refractivity contribution in [2.24, 2.45) is 11.3 Å². The van der Waals surface area contributed by atoms with Gasteiger partial charge in [-0.05, 0) is 56.1 Å². The summed E-state index contributed by atoms with van der Waals surface area (Å²) in [6.07, 6.45) is 10.6. The topological polar surface area (TPSA) is 77.6 Å². The number of hydrogen-bond donors (Lipinski definition) is 2. The van der Waals surface area contributed by atoms with Crippen LogP contribution in [0.15, 0.2) is 24.5 Å². The van der Waals surface area contributed by atoms with Crippen LogP contribution in [0.2, 0.25) is 0 Å². The van der Waals surface area contributed by atoms with E-state index in [1.165, 1.54) is 12.8 Å². The average molecular weight is 398 g/mol. The number of pyridine rings is 1. The van der Waals surface area contributed by atoms with Gasteiger partial charge in [-0.2, -0.15) is 0 Å². The number of aromatic nitrogens is 1. The van der Waals surface area contributed by atoms with Gasteiger partial charge in [0.05, 0.1) is 0 Å². The molecule has 0 radical (unpaired) electrons. The smallest absolute Gasteiger partial charge is 0.241 e. The van der Waals surface area contributed by atoms with Gasteiger partial charge in [0, 0.05) is 56.5 Å². The van der Waals surface area contributed by atoms with E-state index in [2.05, 4.69) is 20.7 Å². The standard InChI is InChI=1S/C22H31N5O2/c28-20-6-8-22(15-27(20)13-16-3-1-9-23-12-16)7-2-10-26(14-22)21(29)19-11-18(24-25-19)17-4-5-17/h1,3,9,12,17-19,24-25H,2,4-8,10-11,13-15H2. The Morgan fingerprint density at radius 1 is 1.24 bits per heavy atom. The van der Waals surface area contributed by atoms with Gasteiger partial charge in [0.15, 0.2) is 0 Å². The Balaban J connectivity index is 1.24. The molecule has 4 heterocycles. The van der Waals surface area contributed by atoms with Crippen molar-refractivity contribution in [3.05, 3.63) is 30.1 Å². The van der Waals surface area contributed by atoms with E-state index >= 15 is 0 Å². The molecule has 29 heavy (non-hydrogen) atoms. The van der Waals surface area contributed by atoms with Crippen LogP contribution in [0, 0.1) is 11.3 Å². The van der Waals surface area contributed by atoms with Gasteiger partial charge in [-0.25, -0.2) is 5.43 Å². The fourth-order valence-electron chi connectivity index (χ4n) is 5.46. The molecule has 1 spiro atoms. The third-order valence-corrected chi connectivity index (χ3v) is 7.24. The predicted octanol–water partition coefficient (Wildman–Crippen LogP) is 1.46. The van der Waals surface area contributed by atoms with Crippen molar-refractivity contribution >= 4 is 11.8 Å². The highest BCUT2D eigenvalue weighted by Gasteiger charge is 2.45. The zero-order chi connectivity index (χ0) is 19.8. The van der Waals surface area contributed by atoms with Crippen LogP contribution in [0.3, 0.4) is 0 Å². The first-order valence-electron chi connectivity index (χ1n) is 11.1. The highest BCUT2D eigenvalue weighted by Crippen LogP contribution is 2.40. The molecule has 5 rings (SSSR count). The Morgan fingerprint density at radius 3 is 2.93 bits per heavy atom. The Kier molecular flexibility index (Phi) is 5.04. The summed E-state index contributed by atoms with van der Waals surface area (Å²) in [5.41, 5.74) is 7.69. The fraction of sp³-hybridized carbons (Fsp3) is 0.682. The fourth-order valence-corrected chi connectivity index (χ4v) is 5.46. The minimum Gasteiger partial charge on any atom is -0.341 e. The van der Waals surface area contributed by atoms with Crippen LogP contribution in [0.5, 0.6) is 0 Å². The van der Waals surface area contributed by atoms with E-state index in [1.807, 2.05) is 23.2 Å². The van der Waals surface area contributed by atoms with Gasteiger partial charge in [-0.1, -0.05) is 6.07 Å². The van der Waals surface area contributed by atoms with Gasteiger partial charge in [0.2, 0.25) is 11.8 Å². The summed E-state index contributed by atoms with van der Waals surface area (Å²) in [5, 5.41) is 0. The molecule has 4 fully saturated rings. The number of carbonyl (C=O) groups is 2. The van der Waals surface area contributed by atoms with E-state index in [9.17, 15) is 9.59 Å². The Hall–Kier alpha value is -1.99. The summed E-state index contributed by atoms with van der Waals surface area (Å²) in [6, 6.07) is 4.28. The quantitative estimate of drug-likeness (QED) is 0.804. The van der Waals surface area contributed by atoms with Crippen molar-refractivity contribution in [1.82, 2.24) is 25.6 Å². The van der Waals surface area contributed by atoms with Gasteiger partial charge >= 0.3 is 0 Å². The first-order valence-corrected chi connectivity index (χ1v) is 11.1. The number of hydrogen-bond acceptors (Lipinski definition) is 5. The third-order valence-electron chi connectivity index (χ3n) is 7.24. The molecule has 1 saturated carbocycles. The van der Waals surface area contributed by atoms with Crippen LogP contribution in [-0.4, -0.2) is 58.3 Å². The van der Waals surface area contributed by atoms with E-state index in [1.54, 1.807) is 6.20 Å². The van der Waals surface area contributed by atoms with E-state index < -0.39 is 0 Å². The van der Waals surface area contributed by atoms with E-state index in [-0.39, 0.29) is 23.3 Å². The zero-order valence-electron chi connectivity index (χ0n) is 17.0. The number of hydrazine groups is 1. The van der Waals surface area contributed by atoms with Crippen LogP contribution in [0.1, 0.15) is 50.5 Å². The maximum absolute atomic E-state index is 13.2. The molecule has 2 N–H and O–H groups in total. The number of likely N-dealkylation sites (tertiary alicyclic amines) is 2. The van der Waals surface area contributed by atoms with Crippen LogP contribution in [-0.2, 0) is 16.1 Å². The summed E-state index contributed by atoms with van der Waals surface area (Å²) in [5.74, 6) is 1.20. The van der Waals surface area contributed by atoms with Crippen molar-refractivity contribution in [3.8, 4) is 0 Å². The van der Waals surface area contributed by atoms with Gasteiger partial charge in [-0.15, -0.1) is 0 Å². The number of piperidine rings is 2. The summed E-state index contributed by atoms with van der Waals surface area (Å²) in [6.45, 7) is 2.96. The van der Waals surface area contributed by atoms with Crippen molar-refractivity contribution in [2.75, 3.05) is 19.6 Å². The highest BCUT2D eigenvalue weighted by molar-refractivity contribution is 5.82. The molecule has 7 heteroatoms. The lowest BCUT2D eigenvalue weighted by atomic mass is 9.73. The molecule has 3 saturated heterocycles. The molecular weight excluding hydrogens is 366 g/mol. The lowest BCUT2D eigenvalue weighted by Gasteiger charge is -2.48. The molecule has 7 nitrogen and oxygen atoms in total. The van der Waals surface area contributed by atoms with E-state index in [0.717, 1.165) is 56.8 Å². The second kappa shape index (κ2) is 7.69.